The number of carbonyl (C=O) groups excluding carboxylic acids is 2. The van der Waals surface area contributed by atoms with Crippen LogP contribution in [-0.2, 0) is 14.3 Å². The zero-order valence-corrected chi connectivity index (χ0v) is 23.6. The van der Waals surface area contributed by atoms with Crippen LogP contribution in [0.15, 0.2) is 12.1 Å². The average molecular weight is 589 g/mol. The second kappa shape index (κ2) is 16.5. The number of amides is 1. The molecule has 3 atom stereocenters. The van der Waals surface area contributed by atoms with Gasteiger partial charge in [0, 0.05) is 51.7 Å². The number of nitrogens with one attached hydrogen (secondary N) is 1. The number of methoxy groups -OCH3 is 2. The van der Waals surface area contributed by atoms with Gasteiger partial charge in [-0.1, -0.05) is 32.9 Å². The molecule has 3 saturated heterocycles. The molecule has 0 unspecified atom stereocenters. The number of ether oxygens (including phenoxy) is 3. The van der Waals surface area contributed by atoms with Gasteiger partial charge in [-0.05, 0) is 44.7 Å². The smallest absolute Gasteiger partial charge is 0.307 e. The van der Waals surface area contributed by atoms with E-state index in [2.05, 4.69) is 15.1 Å². The molecular weight excluding hydrogens is 540 g/mol. The molecule has 3 heterocycles. The zero-order valence-electron chi connectivity index (χ0n) is 21.8. The molecule has 0 aliphatic carbocycles. The van der Waals surface area contributed by atoms with Gasteiger partial charge < -0.3 is 30.2 Å². The molecule has 0 aromatic heterocycles. The number of benzene rings is 1. The predicted molar refractivity (Wildman–Crippen MR) is 162 cm³/mol. The second-order valence-corrected chi connectivity index (χ2v) is 10.5. The van der Waals surface area contributed by atoms with Gasteiger partial charge in [0.1, 0.15) is 5.75 Å². The van der Waals surface area contributed by atoms with Gasteiger partial charge in [-0.25, -0.2) is 0 Å². The maximum absolute atomic E-state index is 12.9. The maximum atomic E-state index is 12.9. The zero-order chi connectivity index (χ0) is 25.7. The van der Waals surface area contributed by atoms with Crippen LogP contribution in [0.2, 0.25) is 5.02 Å². The van der Waals surface area contributed by atoms with E-state index in [4.69, 9.17) is 31.5 Å². The van der Waals surface area contributed by atoms with Crippen LogP contribution in [0.1, 0.15) is 70.2 Å². The van der Waals surface area contributed by atoms with Crippen LogP contribution in [0.4, 0.5) is 5.69 Å². The number of rotatable bonds is 11. The minimum Gasteiger partial charge on any atom is -0.496 e. The Morgan fingerprint density at radius 3 is 2.41 bits per heavy atom. The highest BCUT2D eigenvalue weighted by Gasteiger charge is 2.42. The number of carbonyl (C=O) groups is 2. The van der Waals surface area contributed by atoms with E-state index in [0.29, 0.717) is 34.4 Å². The lowest BCUT2D eigenvalue weighted by atomic mass is 10.00. The van der Waals surface area contributed by atoms with Gasteiger partial charge in [0.2, 0.25) is 0 Å². The summed E-state index contributed by atoms with van der Waals surface area (Å²) in [5.41, 5.74) is 6.55. The molecule has 4 rings (SSSR count). The molecule has 2 bridgehead atoms. The van der Waals surface area contributed by atoms with Crippen molar-refractivity contribution in [2.45, 2.75) is 78.2 Å². The summed E-state index contributed by atoms with van der Waals surface area (Å²) in [6, 6.07) is 2.98. The van der Waals surface area contributed by atoms with Crippen LogP contribution in [-0.4, -0.2) is 87.0 Å². The third-order valence-corrected chi connectivity index (χ3v) is 8.10. The van der Waals surface area contributed by atoms with Crippen molar-refractivity contribution < 1.29 is 23.8 Å². The highest BCUT2D eigenvalue weighted by molar-refractivity contribution is 7.59. The summed E-state index contributed by atoms with van der Waals surface area (Å²) in [5.74, 6) is 0.608. The number of nitrogens with two attached hydrogens (primary N) is 1. The number of nitrogens with zero attached hydrogens (tertiary/aromatic N) is 2. The topological polar surface area (TPSA) is 106 Å². The number of hydrogen-bond acceptors (Lipinski definition) is 8. The summed E-state index contributed by atoms with van der Waals surface area (Å²) >= 11 is 6.13. The number of likely N-dealkylation sites (tertiary alicyclic amines) is 1. The maximum Gasteiger partial charge on any atom is 0.307 e. The number of nitrogen functional groups attached to an aromatic ring is 1. The first kappa shape index (κ1) is 35.3. The van der Waals surface area contributed by atoms with Crippen LogP contribution in [0.5, 0.6) is 5.75 Å². The molecular formula is C28H49ClN4O5S. The summed E-state index contributed by atoms with van der Waals surface area (Å²) in [6.45, 7) is 4.67. The SMILES string of the molecule is C.C.COc1cc(N)c(Cl)cc1C(=O)N[C@@H]1CCN(CCCCCC(=O)O[C@@H]2C3CCN2CC3)C[C@@H]1OC.S. The molecule has 3 aliphatic heterocycles. The van der Waals surface area contributed by atoms with Crippen molar-refractivity contribution in [2.75, 3.05) is 52.7 Å². The molecule has 224 valence electrons. The Labute approximate surface area is 246 Å². The minimum absolute atomic E-state index is 0. The third-order valence-electron chi connectivity index (χ3n) is 7.77. The van der Waals surface area contributed by atoms with Gasteiger partial charge in [-0.2, -0.15) is 13.5 Å². The first-order valence-electron chi connectivity index (χ1n) is 13.0. The Morgan fingerprint density at radius 2 is 1.79 bits per heavy atom. The molecule has 3 fully saturated rings. The van der Waals surface area contributed by atoms with Crippen molar-refractivity contribution in [2.24, 2.45) is 5.92 Å². The first-order chi connectivity index (χ1) is 17.4. The number of unbranched alkanes of at least 4 members (excludes halogenated alkanes) is 2. The van der Waals surface area contributed by atoms with Crippen LogP contribution < -0.4 is 15.8 Å². The summed E-state index contributed by atoms with van der Waals surface area (Å²) < 4.78 is 16.8. The van der Waals surface area contributed by atoms with Crippen LogP contribution in [0.25, 0.3) is 0 Å². The van der Waals surface area contributed by atoms with Gasteiger partial charge in [-0.3, -0.25) is 14.5 Å². The van der Waals surface area contributed by atoms with Crippen molar-refractivity contribution in [1.82, 2.24) is 15.1 Å². The molecule has 0 spiro atoms. The molecule has 1 amide bonds. The van der Waals surface area contributed by atoms with Crippen molar-refractivity contribution in [3.8, 4) is 5.75 Å². The number of esters is 1. The molecule has 0 saturated carbocycles. The summed E-state index contributed by atoms with van der Waals surface area (Å²) in [7, 11) is 3.17. The molecule has 39 heavy (non-hydrogen) atoms. The van der Waals surface area contributed by atoms with Crippen molar-refractivity contribution in [3.05, 3.63) is 22.7 Å². The Bertz CT molecular complexity index is 919. The van der Waals surface area contributed by atoms with Crippen molar-refractivity contribution in [3.63, 3.8) is 0 Å². The molecule has 9 nitrogen and oxygen atoms in total. The summed E-state index contributed by atoms with van der Waals surface area (Å²) in [4.78, 5) is 29.8. The molecule has 3 aliphatic rings. The van der Waals surface area contributed by atoms with Gasteiger partial charge in [0.25, 0.3) is 5.91 Å². The molecule has 0 radical (unpaired) electrons. The highest BCUT2D eigenvalue weighted by atomic mass is 35.5. The third kappa shape index (κ3) is 8.88. The Hall–Kier alpha value is -1.72. The fourth-order valence-electron chi connectivity index (χ4n) is 5.65. The van der Waals surface area contributed by atoms with Gasteiger partial charge in [0.15, 0.2) is 6.23 Å². The van der Waals surface area contributed by atoms with E-state index >= 15 is 0 Å². The summed E-state index contributed by atoms with van der Waals surface area (Å²) in [5, 5.41) is 3.40. The lowest BCUT2D eigenvalue weighted by Gasteiger charge is -2.38. The quantitative estimate of drug-likeness (QED) is 0.224. The van der Waals surface area contributed by atoms with E-state index in [0.717, 1.165) is 71.2 Å². The van der Waals surface area contributed by atoms with E-state index in [9.17, 15) is 9.59 Å². The van der Waals surface area contributed by atoms with E-state index in [1.54, 1.807) is 13.2 Å². The fraction of sp³-hybridized carbons (Fsp3) is 0.714. The van der Waals surface area contributed by atoms with Crippen LogP contribution in [0, 0.1) is 5.92 Å². The van der Waals surface area contributed by atoms with Crippen molar-refractivity contribution >= 4 is 42.7 Å². The van der Waals surface area contributed by atoms with Crippen LogP contribution >= 0.6 is 25.1 Å². The first-order valence-corrected chi connectivity index (χ1v) is 13.4. The van der Waals surface area contributed by atoms with E-state index < -0.39 is 0 Å². The summed E-state index contributed by atoms with van der Waals surface area (Å²) in [6.07, 6.45) is 6.34. The van der Waals surface area contributed by atoms with Gasteiger partial charge in [-0.15, -0.1) is 0 Å². The Balaban J connectivity index is 0.00000253. The molecule has 1 aromatic rings. The largest absolute Gasteiger partial charge is 0.496 e. The monoisotopic (exact) mass is 588 g/mol. The van der Waals surface area contributed by atoms with Gasteiger partial charge >= 0.3 is 5.97 Å². The normalized spacial score (nSPS) is 25.6. The number of fused-ring (bicyclic) bond motifs is 2. The molecule has 3 N–H and O–H groups in total. The Morgan fingerprint density at radius 1 is 1.08 bits per heavy atom. The van der Waals surface area contributed by atoms with Gasteiger partial charge in [0.05, 0.1) is 35.5 Å². The van der Waals surface area contributed by atoms with Crippen molar-refractivity contribution in [1.29, 1.82) is 0 Å². The lowest BCUT2D eigenvalue weighted by Crippen LogP contribution is -2.54. The lowest BCUT2D eigenvalue weighted by molar-refractivity contribution is -0.156. The number of halogens is 1. The van der Waals surface area contributed by atoms with Crippen LogP contribution in [0.3, 0.4) is 0 Å². The standard InChI is InChI=1S/C26H39ClN4O5.2CH4.H2S/c1-34-22-15-20(28)19(27)14-18(22)25(33)29-21-9-11-30(16-23(21)35-2)10-5-3-4-6-24(32)36-26-17-7-12-31(26)13-8-17;;;/h14-15,17,21,23,26H,3-13,16,28H2,1-2H3,(H,29,33);2*1H4;1H2/t21-,23+,26-;;;/m1.../s1. The van der Waals surface area contributed by atoms with E-state index in [1.165, 1.54) is 13.2 Å². The van der Waals surface area contributed by atoms with E-state index in [1.807, 2.05) is 0 Å². The average Bonchev–Trinajstić information content (AvgIpc) is 3.44. The highest BCUT2D eigenvalue weighted by Crippen LogP contribution is 2.35. The Kier molecular flexibility index (Phi) is 15.0. The number of anilines is 1. The van der Waals surface area contributed by atoms with E-state index in [-0.39, 0.29) is 58.6 Å². The molecule has 11 heteroatoms. The second-order valence-electron chi connectivity index (χ2n) is 10.1. The number of piperidine rings is 2. The predicted octanol–water partition coefficient (Wildman–Crippen LogP) is 4.29. The molecule has 1 aromatic carbocycles. The minimum atomic E-state index is -0.261. The number of hydrogen-bond donors (Lipinski definition) is 2. The fourth-order valence-corrected chi connectivity index (χ4v) is 5.82.